The van der Waals surface area contributed by atoms with Crippen LogP contribution in [0.5, 0.6) is 0 Å². The fourth-order valence-corrected chi connectivity index (χ4v) is 4.29. The second-order valence-corrected chi connectivity index (χ2v) is 8.40. The molecule has 172 valence electrons. The molecule has 10 nitrogen and oxygen atoms in total. The highest BCUT2D eigenvalue weighted by Gasteiger charge is 2.35. The molecule has 3 amide bonds. The van der Waals surface area contributed by atoms with E-state index in [1.54, 1.807) is 25.1 Å². The Labute approximate surface area is 190 Å². The van der Waals surface area contributed by atoms with Crippen LogP contribution in [0.15, 0.2) is 42.5 Å². The molecule has 0 bridgehead atoms. The molecular weight excluding hydrogens is 426 g/mol. The number of carbonyl (C=O) groups is 3. The molecular formula is C23H25N5O5. The van der Waals surface area contributed by atoms with Gasteiger partial charge in [0, 0.05) is 35.3 Å². The summed E-state index contributed by atoms with van der Waals surface area (Å²) >= 11 is 0. The van der Waals surface area contributed by atoms with E-state index in [0.29, 0.717) is 16.9 Å². The molecule has 4 N–H and O–H groups in total. The number of amides is 3. The second kappa shape index (κ2) is 8.99. The summed E-state index contributed by atoms with van der Waals surface area (Å²) in [5, 5.41) is 16.6. The monoisotopic (exact) mass is 451 g/mol. The van der Waals surface area contributed by atoms with E-state index in [9.17, 15) is 24.5 Å². The molecule has 1 aliphatic heterocycles. The van der Waals surface area contributed by atoms with Crippen molar-refractivity contribution in [2.75, 3.05) is 10.2 Å². The molecule has 1 saturated carbocycles. The summed E-state index contributed by atoms with van der Waals surface area (Å²) < 4.78 is 0. The average Bonchev–Trinajstić information content (AvgIpc) is 2.80. The maximum Gasteiger partial charge on any atom is 0.269 e. The predicted molar refractivity (Wildman–Crippen MR) is 122 cm³/mol. The number of nitrogens with zero attached hydrogens (tertiary/aromatic N) is 2. The minimum Gasteiger partial charge on any atom is -0.348 e. The summed E-state index contributed by atoms with van der Waals surface area (Å²) in [6, 6.07) is 8.96. The number of carbonyl (C=O) groups excluding carboxylic acids is 3. The lowest BCUT2D eigenvalue weighted by Gasteiger charge is -2.35. The minimum atomic E-state index is -0.805. The zero-order valence-electron chi connectivity index (χ0n) is 18.1. The third kappa shape index (κ3) is 4.42. The zero-order chi connectivity index (χ0) is 23.7. The molecule has 4 rings (SSSR count). The molecule has 0 radical (unpaired) electrons. The molecule has 3 atom stereocenters. The number of hydrogen-bond donors (Lipinski definition) is 3. The number of nitrogens with one attached hydrogen (secondary N) is 2. The Bertz CT molecular complexity index is 1120. The molecule has 2 aromatic rings. The first-order valence-electron chi connectivity index (χ1n) is 10.9. The van der Waals surface area contributed by atoms with E-state index in [4.69, 9.17) is 5.73 Å². The van der Waals surface area contributed by atoms with Gasteiger partial charge in [-0.15, -0.1) is 0 Å². The fourth-order valence-electron chi connectivity index (χ4n) is 4.29. The van der Waals surface area contributed by atoms with E-state index in [1.165, 1.54) is 29.2 Å². The van der Waals surface area contributed by atoms with Crippen molar-refractivity contribution in [2.24, 2.45) is 5.73 Å². The van der Waals surface area contributed by atoms with Crippen molar-refractivity contribution in [2.45, 2.75) is 50.7 Å². The van der Waals surface area contributed by atoms with Gasteiger partial charge in [-0.2, -0.15) is 0 Å². The fraction of sp³-hybridized carbons (Fsp3) is 0.348. The molecule has 0 saturated heterocycles. The molecule has 1 fully saturated rings. The Balaban J connectivity index is 1.60. The molecule has 1 heterocycles. The molecule has 10 heteroatoms. The van der Waals surface area contributed by atoms with Gasteiger partial charge in [-0.05, 0) is 50.1 Å². The van der Waals surface area contributed by atoms with E-state index in [2.05, 4.69) is 10.6 Å². The average molecular weight is 451 g/mol. The van der Waals surface area contributed by atoms with Crippen LogP contribution < -0.4 is 21.3 Å². The normalized spacial score (nSPS) is 22.2. The van der Waals surface area contributed by atoms with Gasteiger partial charge < -0.3 is 16.4 Å². The van der Waals surface area contributed by atoms with Crippen molar-refractivity contribution >= 4 is 34.8 Å². The van der Waals surface area contributed by atoms with Crippen molar-refractivity contribution in [1.29, 1.82) is 0 Å². The smallest absolute Gasteiger partial charge is 0.269 e. The standard InChI is InChI=1S/C23H25N5O5/c1-13-21(29)26-19-12-15(22(30)25-18-5-3-2-4-17(18)24)8-11-20(19)27(13)23(31)14-6-9-16(10-7-14)28(32)33/h6-13,17-18H,2-5,24H2,1H3,(H,25,30)(H,26,29). The first kappa shape index (κ1) is 22.4. The van der Waals surface area contributed by atoms with Crippen molar-refractivity contribution in [3.8, 4) is 0 Å². The Kier molecular flexibility index (Phi) is 6.10. The summed E-state index contributed by atoms with van der Waals surface area (Å²) in [4.78, 5) is 50.2. The van der Waals surface area contributed by atoms with E-state index >= 15 is 0 Å². The first-order chi connectivity index (χ1) is 15.8. The van der Waals surface area contributed by atoms with Crippen LogP contribution in [-0.4, -0.2) is 40.8 Å². The van der Waals surface area contributed by atoms with Gasteiger partial charge in [0.05, 0.1) is 16.3 Å². The van der Waals surface area contributed by atoms with Crippen LogP contribution in [-0.2, 0) is 4.79 Å². The Morgan fingerprint density at radius 3 is 2.45 bits per heavy atom. The number of hydrogen-bond acceptors (Lipinski definition) is 6. The number of nitro benzene ring substituents is 1. The van der Waals surface area contributed by atoms with Crippen molar-refractivity contribution < 1.29 is 19.3 Å². The van der Waals surface area contributed by atoms with E-state index < -0.39 is 22.8 Å². The van der Waals surface area contributed by atoms with Gasteiger partial charge in [-0.1, -0.05) is 12.8 Å². The maximum absolute atomic E-state index is 13.2. The van der Waals surface area contributed by atoms with Gasteiger partial charge in [0.25, 0.3) is 17.5 Å². The van der Waals surface area contributed by atoms with Gasteiger partial charge in [0.1, 0.15) is 6.04 Å². The van der Waals surface area contributed by atoms with Crippen LogP contribution in [0.2, 0.25) is 0 Å². The lowest BCUT2D eigenvalue weighted by molar-refractivity contribution is -0.384. The topological polar surface area (TPSA) is 148 Å². The molecule has 0 spiro atoms. The Morgan fingerprint density at radius 2 is 1.79 bits per heavy atom. The highest BCUT2D eigenvalue weighted by atomic mass is 16.6. The maximum atomic E-state index is 13.2. The third-order valence-electron chi connectivity index (χ3n) is 6.22. The summed E-state index contributed by atoms with van der Waals surface area (Å²) in [6.07, 6.45) is 3.75. The minimum absolute atomic E-state index is 0.0873. The highest BCUT2D eigenvalue weighted by molar-refractivity contribution is 6.17. The van der Waals surface area contributed by atoms with Crippen molar-refractivity contribution in [1.82, 2.24) is 5.32 Å². The summed E-state index contributed by atoms with van der Waals surface area (Å²) in [7, 11) is 0. The van der Waals surface area contributed by atoms with Crippen LogP contribution in [0.25, 0.3) is 0 Å². The van der Waals surface area contributed by atoms with Gasteiger partial charge in [0.2, 0.25) is 5.91 Å². The van der Waals surface area contributed by atoms with Crippen LogP contribution in [0.1, 0.15) is 53.3 Å². The van der Waals surface area contributed by atoms with Crippen LogP contribution >= 0.6 is 0 Å². The van der Waals surface area contributed by atoms with Gasteiger partial charge in [0.15, 0.2) is 0 Å². The van der Waals surface area contributed by atoms with Crippen LogP contribution in [0.3, 0.4) is 0 Å². The summed E-state index contributed by atoms with van der Waals surface area (Å²) in [5.74, 6) is -1.16. The second-order valence-electron chi connectivity index (χ2n) is 8.40. The van der Waals surface area contributed by atoms with Crippen LogP contribution in [0.4, 0.5) is 17.1 Å². The number of rotatable bonds is 4. The number of fused-ring (bicyclic) bond motifs is 1. The SMILES string of the molecule is CC1C(=O)Nc2cc(C(=O)NC3CCCCC3N)ccc2N1C(=O)c1ccc([N+](=O)[O-])cc1. The Morgan fingerprint density at radius 1 is 1.12 bits per heavy atom. The molecule has 3 unspecified atom stereocenters. The predicted octanol–water partition coefficient (Wildman–Crippen LogP) is 2.58. The van der Waals surface area contributed by atoms with E-state index in [-0.39, 0.29) is 29.2 Å². The Hall–Kier alpha value is -3.79. The first-order valence-corrected chi connectivity index (χ1v) is 10.9. The highest BCUT2D eigenvalue weighted by Crippen LogP contribution is 2.34. The largest absolute Gasteiger partial charge is 0.348 e. The zero-order valence-corrected chi connectivity index (χ0v) is 18.1. The quantitative estimate of drug-likeness (QED) is 0.481. The molecule has 2 aromatic carbocycles. The molecule has 33 heavy (non-hydrogen) atoms. The summed E-state index contributed by atoms with van der Waals surface area (Å²) in [5.41, 5.74) is 7.34. The van der Waals surface area contributed by atoms with Crippen molar-refractivity contribution in [3.63, 3.8) is 0 Å². The molecule has 1 aliphatic carbocycles. The third-order valence-corrected chi connectivity index (χ3v) is 6.22. The van der Waals surface area contributed by atoms with Gasteiger partial charge >= 0.3 is 0 Å². The van der Waals surface area contributed by atoms with Gasteiger partial charge in [-0.3, -0.25) is 29.4 Å². The van der Waals surface area contributed by atoms with Crippen LogP contribution in [0, 0.1) is 10.1 Å². The number of benzene rings is 2. The lowest BCUT2D eigenvalue weighted by atomic mass is 9.91. The van der Waals surface area contributed by atoms with E-state index in [0.717, 1.165) is 25.7 Å². The molecule has 0 aromatic heterocycles. The molecule has 2 aliphatic rings. The lowest BCUT2D eigenvalue weighted by Crippen LogP contribution is -2.50. The van der Waals surface area contributed by atoms with E-state index in [1.807, 2.05) is 0 Å². The van der Waals surface area contributed by atoms with Gasteiger partial charge in [-0.25, -0.2) is 0 Å². The number of nitro groups is 1. The number of nitrogens with two attached hydrogens (primary N) is 1. The van der Waals surface area contributed by atoms with Crippen molar-refractivity contribution in [3.05, 3.63) is 63.7 Å². The number of non-ortho nitro benzene ring substituents is 1. The summed E-state index contributed by atoms with van der Waals surface area (Å²) in [6.45, 7) is 1.59. The number of anilines is 2.